The molecule has 1 N–H and O–H groups in total. The fourth-order valence-electron chi connectivity index (χ4n) is 2.62. The molecule has 0 aliphatic rings. The predicted molar refractivity (Wildman–Crippen MR) is 90.4 cm³/mol. The van der Waals surface area contributed by atoms with E-state index in [1.807, 2.05) is 24.3 Å². The maximum atomic E-state index is 13.3. The maximum Gasteiger partial charge on any atom is 0.267 e. The lowest BCUT2D eigenvalue weighted by atomic mass is 10.1. The lowest BCUT2D eigenvalue weighted by Crippen LogP contribution is -2.27. The smallest absolute Gasteiger partial charge is 0.267 e. The van der Waals surface area contributed by atoms with Crippen LogP contribution in [0.2, 0.25) is 5.02 Å². The number of carbonyl (C=O) groups is 1. The normalized spacial score (nSPS) is 10.9. The van der Waals surface area contributed by atoms with Gasteiger partial charge in [0.1, 0.15) is 11.5 Å². The summed E-state index contributed by atoms with van der Waals surface area (Å²) >= 11 is 6.10. The fourth-order valence-corrected chi connectivity index (χ4v) is 2.85. The summed E-state index contributed by atoms with van der Waals surface area (Å²) in [6.45, 7) is 0.485. The number of hydrogen-bond donors (Lipinski definition) is 1. The number of fused-ring (bicyclic) bond motifs is 1. The minimum absolute atomic E-state index is 0.184. The van der Waals surface area contributed by atoms with Crippen molar-refractivity contribution in [1.29, 1.82) is 0 Å². The third-order valence-corrected chi connectivity index (χ3v) is 4.25. The quantitative estimate of drug-likeness (QED) is 0.772. The summed E-state index contributed by atoms with van der Waals surface area (Å²) in [5, 5.41) is 4.41. The van der Waals surface area contributed by atoms with Crippen molar-refractivity contribution in [2.75, 3.05) is 6.54 Å². The van der Waals surface area contributed by atoms with Crippen molar-refractivity contribution in [3.05, 3.63) is 70.6 Å². The number of aromatic nitrogens is 1. The van der Waals surface area contributed by atoms with Gasteiger partial charge in [0.25, 0.3) is 5.91 Å². The van der Waals surface area contributed by atoms with Crippen molar-refractivity contribution in [1.82, 2.24) is 9.88 Å². The standard InChI is InChI=1S/C18H16ClFN2O/c1-22-16-11-14(20)7-6-13(16)10-17(22)18(23)21-9-8-12-4-2-3-5-15(12)19/h2-7,10-11H,8-9H2,1H3,(H,21,23). The third-order valence-electron chi connectivity index (χ3n) is 3.88. The van der Waals surface area contributed by atoms with E-state index in [0.717, 1.165) is 10.9 Å². The zero-order chi connectivity index (χ0) is 16.4. The van der Waals surface area contributed by atoms with Crippen molar-refractivity contribution in [3.8, 4) is 0 Å². The molecule has 1 heterocycles. The molecule has 3 aromatic rings. The van der Waals surface area contributed by atoms with E-state index in [2.05, 4.69) is 5.32 Å². The number of benzene rings is 2. The molecule has 0 bridgehead atoms. The fraction of sp³-hybridized carbons (Fsp3) is 0.167. The maximum absolute atomic E-state index is 13.3. The van der Waals surface area contributed by atoms with Crippen LogP contribution in [0.1, 0.15) is 16.1 Å². The van der Waals surface area contributed by atoms with Crippen LogP contribution >= 0.6 is 11.6 Å². The highest BCUT2D eigenvalue weighted by Crippen LogP contribution is 2.20. The Morgan fingerprint density at radius 2 is 2.00 bits per heavy atom. The van der Waals surface area contributed by atoms with Gasteiger partial charge in [0.15, 0.2) is 0 Å². The minimum Gasteiger partial charge on any atom is -0.350 e. The van der Waals surface area contributed by atoms with Crippen molar-refractivity contribution >= 4 is 28.4 Å². The summed E-state index contributed by atoms with van der Waals surface area (Å²) in [6, 6.07) is 13.8. The SMILES string of the molecule is Cn1c(C(=O)NCCc2ccccc2Cl)cc2ccc(F)cc21. The Hall–Kier alpha value is -2.33. The molecular formula is C18H16ClFN2O. The first-order valence-electron chi connectivity index (χ1n) is 7.33. The van der Waals surface area contributed by atoms with E-state index in [9.17, 15) is 9.18 Å². The van der Waals surface area contributed by atoms with Gasteiger partial charge in [-0.3, -0.25) is 4.79 Å². The van der Waals surface area contributed by atoms with E-state index in [0.29, 0.717) is 29.2 Å². The van der Waals surface area contributed by atoms with Crippen LogP contribution in [0.25, 0.3) is 10.9 Å². The molecule has 0 aliphatic carbocycles. The molecule has 23 heavy (non-hydrogen) atoms. The summed E-state index contributed by atoms with van der Waals surface area (Å²) in [7, 11) is 1.75. The van der Waals surface area contributed by atoms with E-state index < -0.39 is 0 Å². The topological polar surface area (TPSA) is 34.0 Å². The largest absolute Gasteiger partial charge is 0.350 e. The third kappa shape index (κ3) is 3.22. The van der Waals surface area contributed by atoms with Gasteiger partial charge in [-0.25, -0.2) is 4.39 Å². The van der Waals surface area contributed by atoms with Gasteiger partial charge in [0.2, 0.25) is 0 Å². The second-order valence-electron chi connectivity index (χ2n) is 5.39. The molecule has 118 valence electrons. The van der Waals surface area contributed by atoms with Gasteiger partial charge in [-0.1, -0.05) is 29.8 Å². The molecular weight excluding hydrogens is 315 g/mol. The number of rotatable bonds is 4. The number of carbonyl (C=O) groups excluding carboxylic acids is 1. The summed E-state index contributed by atoms with van der Waals surface area (Å²) < 4.78 is 15.0. The molecule has 2 aromatic carbocycles. The van der Waals surface area contributed by atoms with Crippen molar-refractivity contribution in [2.24, 2.45) is 7.05 Å². The number of nitrogens with one attached hydrogen (secondary N) is 1. The Bertz CT molecular complexity index is 873. The van der Waals surface area contributed by atoms with Gasteiger partial charge in [-0.15, -0.1) is 0 Å². The molecule has 3 nitrogen and oxygen atoms in total. The minimum atomic E-state index is -0.315. The Labute approximate surface area is 138 Å². The van der Waals surface area contributed by atoms with Crippen LogP contribution in [-0.4, -0.2) is 17.0 Å². The molecule has 1 amide bonds. The highest BCUT2D eigenvalue weighted by atomic mass is 35.5. The van der Waals surface area contributed by atoms with Crippen molar-refractivity contribution in [3.63, 3.8) is 0 Å². The second-order valence-corrected chi connectivity index (χ2v) is 5.80. The molecule has 5 heteroatoms. The van der Waals surface area contributed by atoms with Gasteiger partial charge in [-0.2, -0.15) is 0 Å². The lowest BCUT2D eigenvalue weighted by molar-refractivity contribution is 0.0946. The zero-order valence-electron chi connectivity index (χ0n) is 12.6. The first-order chi connectivity index (χ1) is 11.1. The molecule has 0 spiro atoms. The van der Waals surface area contributed by atoms with E-state index in [4.69, 9.17) is 11.6 Å². The van der Waals surface area contributed by atoms with Gasteiger partial charge in [0, 0.05) is 24.0 Å². The molecule has 1 aromatic heterocycles. The molecule has 0 aliphatic heterocycles. The van der Waals surface area contributed by atoms with Gasteiger partial charge in [0.05, 0.1) is 5.52 Å². The first kappa shape index (κ1) is 15.6. The highest BCUT2D eigenvalue weighted by molar-refractivity contribution is 6.31. The zero-order valence-corrected chi connectivity index (χ0v) is 13.4. The summed E-state index contributed by atoms with van der Waals surface area (Å²) in [5.74, 6) is -0.500. The molecule has 0 unspecified atom stereocenters. The van der Waals surface area contributed by atoms with E-state index in [-0.39, 0.29) is 11.7 Å². The summed E-state index contributed by atoms with van der Waals surface area (Å²) in [6.07, 6.45) is 0.657. The second kappa shape index (κ2) is 6.42. The molecule has 0 radical (unpaired) electrons. The number of amides is 1. The van der Waals surface area contributed by atoms with Crippen LogP contribution in [0.4, 0.5) is 4.39 Å². The number of halogens is 2. The Kier molecular flexibility index (Phi) is 4.35. The van der Waals surface area contributed by atoms with E-state index >= 15 is 0 Å². The molecule has 0 saturated heterocycles. The van der Waals surface area contributed by atoms with Crippen LogP contribution < -0.4 is 5.32 Å². The Morgan fingerprint density at radius 1 is 1.22 bits per heavy atom. The molecule has 0 fully saturated rings. The van der Waals surface area contributed by atoms with Crippen LogP contribution in [0.15, 0.2) is 48.5 Å². The molecule has 3 rings (SSSR count). The molecule has 0 saturated carbocycles. The first-order valence-corrected chi connectivity index (χ1v) is 7.70. The van der Waals surface area contributed by atoms with Crippen molar-refractivity contribution < 1.29 is 9.18 Å². The van der Waals surface area contributed by atoms with Crippen LogP contribution in [0.3, 0.4) is 0 Å². The summed E-state index contributed by atoms with van der Waals surface area (Å²) in [4.78, 5) is 12.3. The van der Waals surface area contributed by atoms with Gasteiger partial charge in [-0.05, 0) is 42.3 Å². The van der Waals surface area contributed by atoms with Crippen LogP contribution in [0, 0.1) is 5.82 Å². The molecule has 0 atom stereocenters. The van der Waals surface area contributed by atoms with Crippen LogP contribution in [0.5, 0.6) is 0 Å². The predicted octanol–water partition coefficient (Wildman–Crippen LogP) is 3.94. The average molecular weight is 331 g/mol. The Balaban J connectivity index is 1.71. The van der Waals surface area contributed by atoms with E-state index in [1.54, 1.807) is 23.7 Å². The number of hydrogen-bond acceptors (Lipinski definition) is 1. The average Bonchev–Trinajstić information content (AvgIpc) is 2.86. The monoisotopic (exact) mass is 330 g/mol. The van der Waals surface area contributed by atoms with Crippen LogP contribution in [-0.2, 0) is 13.5 Å². The lowest BCUT2D eigenvalue weighted by Gasteiger charge is -2.07. The van der Waals surface area contributed by atoms with Gasteiger partial charge >= 0.3 is 0 Å². The Morgan fingerprint density at radius 3 is 2.78 bits per heavy atom. The number of aryl methyl sites for hydroxylation is 1. The van der Waals surface area contributed by atoms with E-state index in [1.165, 1.54) is 12.1 Å². The highest BCUT2D eigenvalue weighted by Gasteiger charge is 2.13. The van der Waals surface area contributed by atoms with Crippen molar-refractivity contribution in [2.45, 2.75) is 6.42 Å². The number of nitrogens with zero attached hydrogens (tertiary/aromatic N) is 1. The summed E-state index contributed by atoms with van der Waals surface area (Å²) in [5.41, 5.74) is 2.19. The van der Waals surface area contributed by atoms with Gasteiger partial charge < -0.3 is 9.88 Å².